The van der Waals surface area contributed by atoms with E-state index >= 15 is 0 Å². The maximum absolute atomic E-state index is 11.9. The number of benzene rings is 1. The van der Waals surface area contributed by atoms with Crippen molar-refractivity contribution in [2.45, 2.75) is 6.54 Å². The molecule has 0 saturated carbocycles. The number of thiophene rings is 1. The molecule has 7 heteroatoms. The van der Waals surface area contributed by atoms with E-state index in [2.05, 4.69) is 0 Å². The van der Waals surface area contributed by atoms with Crippen LogP contribution >= 0.6 is 34.5 Å². The number of rotatable bonds is 6. The summed E-state index contributed by atoms with van der Waals surface area (Å²) >= 11 is 13.3. The van der Waals surface area contributed by atoms with Gasteiger partial charge in [-0.15, -0.1) is 0 Å². The number of carbonyl (C=O) groups is 2. The minimum absolute atomic E-state index is 0.266. The van der Waals surface area contributed by atoms with Crippen molar-refractivity contribution in [3.63, 3.8) is 0 Å². The average molecular weight is 384 g/mol. The fourth-order valence-corrected chi connectivity index (χ4v) is 2.78. The number of halogens is 2. The topological polar surface area (TPSA) is 46.6 Å². The van der Waals surface area contributed by atoms with Crippen LogP contribution in [-0.4, -0.2) is 30.4 Å². The fourth-order valence-electron chi connectivity index (χ4n) is 1.82. The summed E-state index contributed by atoms with van der Waals surface area (Å²) < 4.78 is 4.95. The highest BCUT2D eigenvalue weighted by molar-refractivity contribution is 7.07. The van der Waals surface area contributed by atoms with E-state index in [-0.39, 0.29) is 12.5 Å². The Bertz CT molecular complexity index is 744. The third-order valence-electron chi connectivity index (χ3n) is 3.12. The molecule has 0 aliphatic rings. The first-order valence-corrected chi connectivity index (χ1v) is 8.70. The molecule has 0 bridgehead atoms. The fraction of sp³-hybridized carbons (Fsp3) is 0.176. The van der Waals surface area contributed by atoms with Gasteiger partial charge in [0.1, 0.15) is 0 Å². The van der Waals surface area contributed by atoms with Crippen molar-refractivity contribution in [2.75, 3.05) is 13.7 Å². The second-order valence-corrected chi connectivity index (χ2v) is 6.59. The van der Waals surface area contributed by atoms with Crippen molar-refractivity contribution >= 4 is 52.5 Å². The standard InChI is InChI=1S/C17H15Cl2NO3S/c1-20(9-13-6-7-24-11-13)16(21)10-23-17(22)5-3-12-2-4-14(18)15(19)8-12/h2-8,11H,9-10H2,1H3/b5-3+. The number of ether oxygens (including phenoxy) is 1. The molecule has 0 spiro atoms. The lowest BCUT2D eigenvalue weighted by Gasteiger charge is -2.15. The Balaban J connectivity index is 1.80. The summed E-state index contributed by atoms with van der Waals surface area (Å²) in [6, 6.07) is 6.93. The molecule has 1 aromatic heterocycles. The molecule has 1 aromatic carbocycles. The number of hydrogen-bond acceptors (Lipinski definition) is 4. The molecule has 0 N–H and O–H groups in total. The second kappa shape index (κ2) is 8.87. The van der Waals surface area contributed by atoms with Crippen LogP contribution in [0.2, 0.25) is 10.0 Å². The smallest absolute Gasteiger partial charge is 0.331 e. The summed E-state index contributed by atoms with van der Waals surface area (Å²) in [6.45, 7) is 0.185. The molecular weight excluding hydrogens is 369 g/mol. The van der Waals surface area contributed by atoms with E-state index in [1.54, 1.807) is 42.7 Å². The van der Waals surface area contributed by atoms with Crippen LogP contribution in [0.3, 0.4) is 0 Å². The number of carbonyl (C=O) groups excluding carboxylic acids is 2. The van der Waals surface area contributed by atoms with Crippen molar-refractivity contribution in [3.8, 4) is 0 Å². The molecule has 126 valence electrons. The molecule has 0 unspecified atom stereocenters. The molecule has 0 aliphatic heterocycles. The Kier molecular flexibility index (Phi) is 6.85. The van der Waals surface area contributed by atoms with E-state index in [1.165, 1.54) is 11.0 Å². The molecule has 0 aliphatic carbocycles. The first kappa shape index (κ1) is 18.5. The van der Waals surface area contributed by atoms with Crippen LogP contribution in [0.15, 0.2) is 41.1 Å². The largest absolute Gasteiger partial charge is 0.452 e. The van der Waals surface area contributed by atoms with Gasteiger partial charge in [-0.2, -0.15) is 11.3 Å². The van der Waals surface area contributed by atoms with Gasteiger partial charge >= 0.3 is 5.97 Å². The molecule has 4 nitrogen and oxygen atoms in total. The predicted octanol–water partition coefficient (Wildman–Crippen LogP) is 4.27. The van der Waals surface area contributed by atoms with Gasteiger partial charge in [0.2, 0.25) is 0 Å². The molecule has 0 radical (unpaired) electrons. The van der Waals surface area contributed by atoms with Crippen molar-refractivity contribution in [2.24, 2.45) is 0 Å². The van der Waals surface area contributed by atoms with Crippen LogP contribution in [-0.2, 0) is 20.9 Å². The van der Waals surface area contributed by atoms with Gasteiger partial charge in [0.25, 0.3) is 5.91 Å². The van der Waals surface area contributed by atoms with Crippen LogP contribution in [0.1, 0.15) is 11.1 Å². The summed E-state index contributed by atoms with van der Waals surface area (Å²) in [5, 5.41) is 4.75. The molecule has 2 aromatic rings. The second-order valence-electron chi connectivity index (χ2n) is 5.00. The lowest BCUT2D eigenvalue weighted by molar-refractivity contribution is -0.147. The zero-order valence-electron chi connectivity index (χ0n) is 12.9. The summed E-state index contributed by atoms with van der Waals surface area (Å²) in [5.41, 5.74) is 1.75. The minimum atomic E-state index is -0.599. The van der Waals surface area contributed by atoms with Gasteiger partial charge < -0.3 is 9.64 Å². The number of nitrogens with zero attached hydrogens (tertiary/aromatic N) is 1. The maximum atomic E-state index is 11.9. The van der Waals surface area contributed by atoms with Crippen molar-refractivity contribution in [1.29, 1.82) is 0 Å². The highest BCUT2D eigenvalue weighted by atomic mass is 35.5. The van der Waals surface area contributed by atoms with Crippen LogP contribution < -0.4 is 0 Å². The van der Waals surface area contributed by atoms with E-state index in [0.717, 1.165) is 5.56 Å². The highest BCUT2D eigenvalue weighted by Gasteiger charge is 2.11. The summed E-state index contributed by atoms with van der Waals surface area (Å²) in [6.07, 6.45) is 2.79. The van der Waals surface area contributed by atoms with Gasteiger partial charge in [-0.05, 0) is 46.2 Å². The van der Waals surface area contributed by atoms with Crippen LogP contribution in [0.5, 0.6) is 0 Å². The lowest BCUT2D eigenvalue weighted by Crippen LogP contribution is -2.30. The van der Waals surface area contributed by atoms with E-state index in [0.29, 0.717) is 22.2 Å². The number of likely N-dealkylation sites (N-methyl/N-ethyl adjacent to an activating group) is 1. The third kappa shape index (κ3) is 5.67. The molecular formula is C17H15Cl2NO3S. The first-order chi connectivity index (χ1) is 11.5. The molecule has 2 rings (SSSR count). The van der Waals surface area contributed by atoms with Gasteiger partial charge in [0.05, 0.1) is 10.0 Å². The molecule has 1 heterocycles. The zero-order chi connectivity index (χ0) is 17.5. The van der Waals surface area contributed by atoms with E-state index in [9.17, 15) is 9.59 Å². The summed E-state index contributed by atoms with van der Waals surface area (Å²) in [4.78, 5) is 25.1. The summed E-state index contributed by atoms with van der Waals surface area (Å²) in [7, 11) is 1.67. The van der Waals surface area contributed by atoms with Crippen molar-refractivity contribution in [3.05, 3.63) is 62.3 Å². The first-order valence-electron chi connectivity index (χ1n) is 7.00. The van der Waals surface area contributed by atoms with Gasteiger partial charge in [-0.25, -0.2) is 4.79 Å². The predicted molar refractivity (Wildman–Crippen MR) is 97.2 cm³/mol. The van der Waals surface area contributed by atoms with Crippen molar-refractivity contribution in [1.82, 2.24) is 4.90 Å². The molecule has 1 amide bonds. The summed E-state index contributed by atoms with van der Waals surface area (Å²) in [5.74, 6) is -0.865. The van der Waals surface area contributed by atoms with E-state index in [4.69, 9.17) is 27.9 Å². The molecule has 0 saturated heterocycles. The molecule has 24 heavy (non-hydrogen) atoms. The Hall–Kier alpha value is -1.82. The molecule has 0 fully saturated rings. The van der Waals surface area contributed by atoms with Crippen molar-refractivity contribution < 1.29 is 14.3 Å². The van der Waals surface area contributed by atoms with Gasteiger partial charge in [-0.3, -0.25) is 4.79 Å². The normalized spacial score (nSPS) is 10.8. The SMILES string of the molecule is CN(Cc1ccsc1)C(=O)COC(=O)/C=C/c1ccc(Cl)c(Cl)c1. The van der Waals surface area contributed by atoms with E-state index in [1.807, 2.05) is 16.8 Å². The monoisotopic (exact) mass is 383 g/mol. The Morgan fingerprint density at radius 3 is 2.71 bits per heavy atom. The average Bonchev–Trinajstić information content (AvgIpc) is 3.06. The van der Waals surface area contributed by atoms with Crippen LogP contribution in [0, 0.1) is 0 Å². The minimum Gasteiger partial charge on any atom is -0.452 e. The van der Waals surface area contributed by atoms with Gasteiger partial charge in [0, 0.05) is 19.7 Å². The Morgan fingerprint density at radius 1 is 1.25 bits per heavy atom. The van der Waals surface area contributed by atoms with Crippen LogP contribution in [0.4, 0.5) is 0 Å². The quantitative estimate of drug-likeness (QED) is 0.552. The van der Waals surface area contributed by atoms with E-state index < -0.39 is 5.97 Å². The van der Waals surface area contributed by atoms with Gasteiger partial charge in [0.15, 0.2) is 6.61 Å². The Labute approximate surface area is 154 Å². The number of esters is 1. The Morgan fingerprint density at radius 2 is 2.04 bits per heavy atom. The third-order valence-corrected chi connectivity index (χ3v) is 4.59. The zero-order valence-corrected chi connectivity index (χ0v) is 15.2. The highest BCUT2D eigenvalue weighted by Crippen LogP contribution is 2.23. The van der Waals surface area contributed by atoms with Gasteiger partial charge in [-0.1, -0.05) is 29.3 Å². The number of amides is 1. The van der Waals surface area contributed by atoms with Crippen LogP contribution in [0.25, 0.3) is 6.08 Å². The maximum Gasteiger partial charge on any atom is 0.331 e. The molecule has 0 atom stereocenters. The lowest BCUT2D eigenvalue weighted by atomic mass is 10.2. The number of hydrogen-bond donors (Lipinski definition) is 0.